The summed E-state index contributed by atoms with van der Waals surface area (Å²) < 4.78 is 5.16. The number of nitrogens with zero attached hydrogens (tertiary/aromatic N) is 1. The van der Waals surface area contributed by atoms with Crippen LogP contribution in [0, 0.1) is 10.1 Å². The quantitative estimate of drug-likeness (QED) is 0.395. The highest BCUT2D eigenvalue weighted by molar-refractivity contribution is 7.98. The lowest BCUT2D eigenvalue weighted by atomic mass is 10.2. The number of rotatable bonds is 5. The molecule has 104 valence electrons. The molecule has 6 heteroatoms. The summed E-state index contributed by atoms with van der Waals surface area (Å²) in [5.41, 5.74) is 6.75. The van der Waals surface area contributed by atoms with Gasteiger partial charge in [-0.25, -0.2) is 0 Å². The molecule has 0 atom stereocenters. The van der Waals surface area contributed by atoms with Gasteiger partial charge in [-0.3, -0.25) is 10.1 Å². The van der Waals surface area contributed by atoms with Gasteiger partial charge in [0.05, 0.1) is 12.0 Å². The molecule has 0 bridgehead atoms. The number of thioether (sulfide) groups is 1. The summed E-state index contributed by atoms with van der Waals surface area (Å²) in [7, 11) is 1.63. The van der Waals surface area contributed by atoms with E-state index in [4.69, 9.17) is 10.5 Å². The number of nitro benzene ring substituents is 1. The van der Waals surface area contributed by atoms with Crippen LogP contribution in [0.2, 0.25) is 0 Å². The molecule has 0 aliphatic carbocycles. The molecule has 20 heavy (non-hydrogen) atoms. The predicted octanol–water partition coefficient (Wildman–Crippen LogP) is 3.48. The van der Waals surface area contributed by atoms with Crippen molar-refractivity contribution in [2.45, 2.75) is 10.6 Å². The Kier molecular flexibility index (Phi) is 4.47. The molecule has 0 aliphatic heterocycles. The third kappa shape index (κ3) is 3.42. The van der Waals surface area contributed by atoms with Crippen LogP contribution < -0.4 is 10.5 Å². The molecule has 0 fully saturated rings. The minimum Gasteiger partial charge on any atom is -0.497 e. The Labute approximate surface area is 120 Å². The van der Waals surface area contributed by atoms with E-state index in [1.165, 1.54) is 6.07 Å². The maximum Gasteiger partial charge on any atom is 0.292 e. The fourth-order valence-electron chi connectivity index (χ4n) is 1.72. The van der Waals surface area contributed by atoms with Crippen molar-refractivity contribution in [2.75, 3.05) is 12.8 Å². The first-order valence-corrected chi connectivity index (χ1v) is 6.88. The van der Waals surface area contributed by atoms with Crippen molar-refractivity contribution in [3.8, 4) is 5.75 Å². The van der Waals surface area contributed by atoms with Gasteiger partial charge in [0.2, 0.25) is 0 Å². The van der Waals surface area contributed by atoms with Crippen molar-refractivity contribution in [2.24, 2.45) is 0 Å². The Bertz CT molecular complexity index is 632. The highest BCUT2D eigenvalue weighted by Crippen LogP contribution is 2.29. The Hall–Kier alpha value is -2.21. The lowest BCUT2D eigenvalue weighted by Crippen LogP contribution is -1.96. The van der Waals surface area contributed by atoms with Gasteiger partial charge in [-0.1, -0.05) is 12.1 Å². The van der Waals surface area contributed by atoms with E-state index < -0.39 is 4.92 Å². The van der Waals surface area contributed by atoms with Crippen LogP contribution in [0.15, 0.2) is 47.4 Å². The third-order valence-electron chi connectivity index (χ3n) is 2.74. The van der Waals surface area contributed by atoms with Crippen molar-refractivity contribution in [1.29, 1.82) is 0 Å². The highest BCUT2D eigenvalue weighted by Gasteiger charge is 2.11. The molecule has 0 heterocycles. The Morgan fingerprint density at radius 2 is 2.10 bits per heavy atom. The standard InChI is InChI=1S/C14H14N2O3S/c1-19-11-3-2-4-12(8-11)20-9-10-5-6-14(16(17)18)13(15)7-10/h2-8H,9,15H2,1H3. The second-order valence-electron chi connectivity index (χ2n) is 4.12. The fourth-order valence-corrected chi connectivity index (χ4v) is 2.60. The number of hydrogen-bond donors (Lipinski definition) is 1. The summed E-state index contributed by atoms with van der Waals surface area (Å²) in [5, 5.41) is 10.7. The van der Waals surface area contributed by atoms with Crippen LogP contribution >= 0.6 is 11.8 Å². The molecular weight excluding hydrogens is 276 g/mol. The maximum absolute atomic E-state index is 10.7. The number of ether oxygens (including phenoxy) is 1. The minimum absolute atomic E-state index is 0.0554. The third-order valence-corrected chi connectivity index (χ3v) is 3.80. The van der Waals surface area contributed by atoms with E-state index in [1.54, 1.807) is 31.0 Å². The van der Waals surface area contributed by atoms with Gasteiger partial charge < -0.3 is 10.5 Å². The maximum atomic E-state index is 10.7. The van der Waals surface area contributed by atoms with Crippen molar-refractivity contribution < 1.29 is 9.66 Å². The van der Waals surface area contributed by atoms with E-state index in [0.29, 0.717) is 5.75 Å². The van der Waals surface area contributed by atoms with E-state index >= 15 is 0 Å². The zero-order chi connectivity index (χ0) is 14.5. The molecule has 0 saturated carbocycles. The number of benzene rings is 2. The first-order valence-electron chi connectivity index (χ1n) is 5.90. The SMILES string of the molecule is COc1cccc(SCc2ccc([N+](=O)[O-])c(N)c2)c1. The monoisotopic (exact) mass is 290 g/mol. The molecular formula is C14H14N2O3S. The number of hydrogen-bond acceptors (Lipinski definition) is 5. The van der Waals surface area contributed by atoms with Crippen LogP contribution in [0.25, 0.3) is 0 Å². The second-order valence-corrected chi connectivity index (χ2v) is 5.17. The molecule has 2 rings (SSSR count). The topological polar surface area (TPSA) is 78.4 Å². The van der Waals surface area contributed by atoms with Crippen LogP contribution in [-0.4, -0.2) is 12.0 Å². The molecule has 5 nitrogen and oxygen atoms in total. The number of anilines is 1. The average Bonchev–Trinajstić information content (AvgIpc) is 2.45. The van der Waals surface area contributed by atoms with Gasteiger partial charge in [-0.2, -0.15) is 0 Å². The first kappa shape index (κ1) is 14.2. The molecule has 2 aromatic carbocycles. The summed E-state index contributed by atoms with van der Waals surface area (Å²) in [6, 6.07) is 12.5. The molecule has 0 amide bonds. The molecule has 2 N–H and O–H groups in total. The predicted molar refractivity (Wildman–Crippen MR) is 80.1 cm³/mol. The average molecular weight is 290 g/mol. The van der Waals surface area contributed by atoms with Crippen molar-refractivity contribution in [3.05, 3.63) is 58.1 Å². The van der Waals surface area contributed by atoms with Crippen molar-refractivity contribution in [1.82, 2.24) is 0 Å². The van der Waals surface area contributed by atoms with Crippen LogP contribution in [0.5, 0.6) is 5.75 Å². The lowest BCUT2D eigenvalue weighted by molar-refractivity contribution is -0.383. The summed E-state index contributed by atoms with van der Waals surface area (Å²) in [6.45, 7) is 0. The molecule has 0 radical (unpaired) electrons. The van der Waals surface area contributed by atoms with Crippen LogP contribution in [0.3, 0.4) is 0 Å². The molecule has 0 aliphatic rings. The Morgan fingerprint density at radius 3 is 2.75 bits per heavy atom. The van der Waals surface area contributed by atoms with Gasteiger partial charge in [-0.05, 0) is 29.8 Å². The number of nitrogen functional groups attached to an aromatic ring is 1. The Balaban J connectivity index is 2.07. The Morgan fingerprint density at radius 1 is 1.30 bits per heavy atom. The molecule has 0 aromatic heterocycles. The van der Waals surface area contributed by atoms with Gasteiger partial charge in [-0.15, -0.1) is 11.8 Å². The normalized spacial score (nSPS) is 10.2. The summed E-state index contributed by atoms with van der Waals surface area (Å²) in [4.78, 5) is 11.3. The smallest absolute Gasteiger partial charge is 0.292 e. The van der Waals surface area contributed by atoms with E-state index in [2.05, 4.69) is 0 Å². The van der Waals surface area contributed by atoms with Crippen LogP contribution in [0.4, 0.5) is 11.4 Å². The molecule has 0 saturated heterocycles. The van der Waals surface area contributed by atoms with E-state index in [0.717, 1.165) is 16.2 Å². The fraction of sp³-hybridized carbons (Fsp3) is 0.143. The van der Waals surface area contributed by atoms with E-state index in [1.807, 2.05) is 24.3 Å². The first-order chi connectivity index (χ1) is 9.60. The van der Waals surface area contributed by atoms with Gasteiger partial charge >= 0.3 is 0 Å². The van der Waals surface area contributed by atoms with Gasteiger partial charge in [0, 0.05) is 16.7 Å². The zero-order valence-corrected chi connectivity index (χ0v) is 11.7. The van der Waals surface area contributed by atoms with Crippen molar-refractivity contribution in [3.63, 3.8) is 0 Å². The lowest BCUT2D eigenvalue weighted by Gasteiger charge is -2.05. The van der Waals surface area contributed by atoms with Crippen LogP contribution in [0.1, 0.15) is 5.56 Å². The van der Waals surface area contributed by atoms with Crippen molar-refractivity contribution >= 4 is 23.1 Å². The molecule has 2 aromatic rings. The van der Waals surface area contributed by atoms with E-state index in [9.17, 15) is 10.1 Å². The zero-order valence-electron chi connectivity index (χ0n) is 10.9. The number of nitro groups is 1. The molecule has 0 spiro atoms. The number of methoxy groups -OCH3 is 1. The van der Waals surface area contributed by atoms with Gasteiger partial charge in [0.1, 0.15) is 11.4 Å². The summed E-state index contributed by atoms with van der Waals surface area (Å²) in [5.74, 6) is 1.49. The van der Waals surface area contributed by atoms with Gasteiger partial charge in [0.15, 0.2) is 0 Å². The number of nitrogens with two attached hydrogens (primary N) is 1. The largest absolute Gasteiger partial charge is 0.497 e. The summed E-state index contributed by atoms with van der Waals surface area (Å²) >= 11 is 1.62. The minimum atomic E-state index is -0.478. The van der Waals surface area contributed by atoms with Crippen LogP contribution in [-0.2, 0) is 5.75 Å². The second kappa shape index (κ2) is 6.29. The van der Waals surface area contributed by atoms with Gasteiger partial charge in [0.25, 0.3) is 5.69 Å². The summed E-state index contributed by atoms with van der Waals surface area (Å²) in [6.07, 6.45) is 0. The van der Waals surface area contributed by atoms with E-state index in [-0.39, 0.29) is 11.4 Å². The highest BCUT2D eigenvalue weighted by atomic mass is 32.2. The molecule has 0 unspecified atom stereocenters.